The van der Waals surface area contributed by atoms with E-state index in [0.717, 1.165) is 16.8 Å². The Morgan fingerprint density at radius 2 is 2.10 bits per heavy atom. The highest BCUT2D eigenvalue weighted by molar-refractivity contribution is 8.15. The van der Waals surface area contributed by atoms with Gasteiger partial charge in [0, 0.05) is 6.21 Å². The molecule has 0 aromatic heterocycles. The summed E-state index contributed by atoms with van der Waals surface area (Å²) in [7, 11) is 0. The third-order valence-corrected chi connectivity index (χ3v) is 3.79. The van der Waals surface area contributed by atoms with Gasteiger partial charge in [-0.05, 0) is 37.0 Å². The van der Waals surface area contributed by atoms with Gasteiger partial charge in [0.15, 0.2) is 5.17 Å². The zero-order chi connectivity index (χ0) is 14.7. The number of nitrogens with zero attached hydrogens (tertiary/aromatic N) is 3. The molecule has 4 nitrogen and oxygen atoms in total. The molecule has 0 N–H and O–H groups in total. The fourth-order valence-electron chi connectivity index (χ4n) is 1.85. The summed E-state index contributed by atoms with van der Waals surface area (Å²) in [6.07, 6.45) is 1.78. The van der Waals surface area contributed by atoms with Gasteiger partial charge in [0.25, 0.3) is 0 Å². The average molecular weight is 289 g/mol. The molecule has 2 rings (SSSR count). The van der Waals surface area contributed by atoms with Gasteiger partial charge in [-0.1, -0.05) is 37.7 Å². The van der Waals surface area contributed by atoms with Crippen molar-refractivity contribution in [2.75, 3.05) is 10.7 Å². The van der Waals surface area contributed by atoms with Crippen LogP contribution in [0.5, 0.6) is 0 Å². The number of anilines is 1. The lowest BCUT2D eigenvalue weighted by molar-refractivity contribution is -0.115. The van der Waals surface area contributed by atoms with E-state index >= 15 is 0 Å². The lowest BCUT2D eigenvalue weighted by Gasteiger charge is -2.18. The van der Waals surface area contributed by atoms with Gasteiger partial charge in [0.2, 0.25) is 5.91 Å². The molecule has 1 fully saturated rings. The number of amidine groups is 1. The van der Waals surface area contributed by atoms with Crippen molar-refractivity contribution in [1.82, 2.24) is 0 Å². The highest BCUT2D eigenvalue weighted by Gasteiger charge is 2.30. The molecule has 0 aliphatic carbocycles. The van der Waals surface area contributed by atoms with E-state index in [-0.39, 0.29) is 5.91 Å². The van der Waals surface area contributed by atoms with E-state index in [1.807, 2.05) is 45.9 Å². The lowest BCUT2D eigenvalue weighted by Crippen LogP contribution is -2.29. The second-order valence-electron chi connectivity index (χ2n) is 5.20. The molecule has 5 heteroatoms. The van der Waals surface area contributed by atoms with Crippen molar-refractivity contribution < 1.29 is 4.79 Å². The third-order valence-electron chi connectivity index (χ3n) is 2.88. The van der Waals surface area contributed by atoms with Gasteiger partial charge >= 0.3 is 0 Å². The van der Waals surface area contributed by atoms with Crippen LogP contribution in [0.15, 0.2) is 28.4 Å². The first-order valence-electron chi connectivity index (χ1n) is 6.63. The quantitative estimate of drug-likeness (QED) is 0.632. The smallest absolute Gasteiger partial charge is 0.243 e. The standard InChI is InChI=1S/C15H19N3OS/c1-10(2)8-16-17-15-18(14(19)9-20-15)13-7-11(3)5-6-12(13)4/h5-8,10H,9H2,1-4H3/b16-8+,17-15-. The zero-order valence-corrected chi connectivity index (χ0v) is 13.1. The highest BCUT2D eigenvalue weighted by Crippen LogP contribution is 2.30. The number of carbonyl (C=O) groups is 1. The van der Waals surface area contributed by atoms with Crippen molar-refractivity contribution in [3.63, 3.8) is 0 Å². The maximum atomic E-state index is 12.1. The Balaban J connectivity index is 2.36. The van der Waals surface area contributed by atoms with Crippen LogP contribution in [0.2, 0.25) is 0 Å². The summed E-state index contributed by atoms with van der Waals surface area (Å²) in [5.41, 5.74) is 3.09. The van der Waals surface area contributed by atoms with Crippen molar-refractivity contribution in [2.45, 2.75) is 27.7 Å². The van der Waals surface area contributed by atoms with Crippen LogP contribution >= 0.6 is 11.8 Å². The fourth-order valence-corrected chi connectivity index (χ4v) is 2.67. The molecular weight excluding hydrogens is 270 g/mol. The van der Waals surface area contributed by atoms with Crippen LogP contribution in [0.25, 0.3) is 0 Å². The molecule has 1 aliphatic heterocycles. The number of amides is 1. The number of hydrogen-bond donors (Lipinski definition) is 0. The lowest BCUT2D eigenvalue weighted by atomic mass is 10.1. The topological polar surface area (TPSA) is 45.0 Å². The zero-order valence-electron chi connectivity index (χ0n) is 12.3. The maximum Gasteiger partial charge on any atom is 0.243 e. The number of thioether (sulfide) groups is 1. The van der Waals surface area contributed by atoms with Crippen LogP contribution < -0.4 is 4.90 Å². The number of aryl methyl sites for hydroxylation is 2. The van der Waals surface area contributed by atoms with E-state index in [0.29, 0.717) is 16.8 Å². The van der Waals surface area contributed by atoms with Crippen molar-refractivity contribution in [3.05, 3.63) is 29.3 Å². The van der Waals surface area contributed by atoms with E-state index in [1.54, 1.807) is 11.1 Å². The van der Waals surface area contributed by atoms with Crippen molar-refractivity contribution in [1.29, 1.82) is 0 Å². The summed E-state index contributed by atoms with van der Waals surface area (Å²) >= 11 is 1.43. The first-order chi connectivity index (χ1) is 9.49. The minimum absolute atomic E-state index is 0.0576. The summed E-state index contributed by atoms with van der Waals surface area (Å²) in [5, 5.41) is 8.91. The van der Waals surface area contributed by atoms with Gasteiger partial charge in [-0.15, -0.1) is 5.10 Å². The fraction of sp³-hybridized carbons (Fsp3) is 0.400. The summed E-state index contributed by atoms with van der Waals surface area (Å²) in [6.45, 7) is 8.10. The van der Waals surface area contributed by atoms with Crippen molar-refractivity contribution in [2.24, 2.45) is 16.1 Å². The molecule has 1 aromatic rings. The van der Waals surface area contributed by atoms with Gasteiger partial charge in [-0.25, -0.2) is 0 Å². The summed E-state index contributed by atoms with van der Waals surface area (Å²) in [5.74, 6) is 0.821. The van der Waals surface area contributed by atoms with Crippen LogP contribution in [0.1, 0.15) is 25.0 Å². The molecular formula is C15H19N3OS. The molecule has 106 valence electrons. The Kier molecular flexibility index (Phi) is 4.60. The summed E-state index contributed by atoms with van der Waals surface area (Å²) in [6, 6.07) is 6.08. The van der Waals surface area contributed by atoms with Gasteiger partial charge in [-0.2, -0.15) is 5.10 Å². The first kappa shape index (κ1) is 14.8. The van der Waals surface area contributed by atoms with Gasteiger partial charge in [0.1, 0.15) is 0 Å². The number of hydrogen-bond acceptors (Lipinski definition) is 4. The van der Waals surface area contributed by atoms with Crippen molar-refractivity contribution >= 4 is 34.7 Å². The Hall–Kier alpha value is -1.62. The minimum Gasteiger partial charge on any atom is -0.273 e. The number of benzene rings is 1. The first-order valence-corrected chi connectivity index (χ1v) is 7.61. The van der Waals surface area contributed by atoms with E-state index in [4.69, 9.17) is 0 Å². The molecule has 0 radical (unpaired) electrons. The maximum absolute atomic E-state index is 12.1. The molecule has 1 saturated heterocycles. The summed E-state index contributed by atoms with van der Waals surface area (Å²) < 4.78 is 0. The highest BCUT2D eigenvalue weighted by atomic mass is 32.2. The molecule has 0 bridgehead atoms. The predicted molar refractivity (Wildman–Crippen MR) is 86.6 cm³/mol. The minimum atomic E-state index is 0.0576. The van der Waals surface area contributed by atoms with Crippen LogP contribution in [0.4, 0.5) is 5.69 Å². The van der Waals surface area contributed by atoms with E-state index in [1.165, 1.54) is 11.8 Å². The van der Waals surface area contributed by atoms with Crippen LogP contribution in [-0.4, -0.2) is 23.0 Å². The molecule has 1 aliphatic rings. The average Bonchev–Trinajstić information content (AvgIpc) is 2.73. The van der Waals surface area contributed by atoms with Crippen molar-refractivity contribution in [3.8, 4) is 0 Å². The van der Waals surface area contributed by atoms with Crippen LogP contribution in [-0.2, 0) is 4.79 Å². The summed E-state index contributed by atoms with van der Waals surface area (Å²) in [4.78, 5) is 13.8. The monoisotopic (exact) mass is 289 g/mol. The molecule has 0 saturated carbocycles. The van der Waals surface area contributed by atoms with Crippen LogP contribution in [0, 0.1) is 19.8 Å². The molecule has 0 atom stereocenters. The van der Waals surface area contributed by atoms with Crippen LogP contribution in [0.3, 0.4) is 0 Å². The Morgan fingerprint density at radius 3 is 2.80 bits per heavy atom. The normalized spacial score (nSPS) is 17.9. The van der Waals surface area contributed by atoms with Gasteiger partial charge in [-0.3, -0.25) is 9.69 Å². The molecule has 20 heavy (non-hydrogen) atoms. The SMILES string of the molecule is Cc1ccc(C)c(N2C(=O)CS/C2=N\N=C\C(C)C)c1. The Labute approximate surface area is 124 Å². The second kappa shape index (κ2) is 6.22. The molecule has 1 aromatic carbocycles. The third kappa shape index (κ3) is 3.28. The molecule has 0 spiro atoms. The Morgan fingerprint density at radius 1 is 1.35 bits per heavy atom. The van der Waals surface area contributed by atoms with Gasteiger partial charge in [0.05, 0.1) is 11.4 Å². The number of rotatable bonds is 3. The van der Waals surface area contributed by atoms with E-state index in [2.05, 4.69) is 10.2 Å². The van der Waals surface area contributed by atoms with E-state index < -0.39 is 0 Å². The molecule has 0 unspecified atom stereocenters. The van der Waals surface area contributed by atoms with E-state index in [9.17, 15) is 4.79 Å². The van der Waals surface area contributed by atoms with Gasteiger partial charge < -0.3 is 0 Å². The molecule has 1 heterocycles. The largest absolute Gasteiger partial charge is 0.273 e. The molecule has 1 amide bonds. The Bertz CT molecular complexity index is 578. The predicted octanol–water partition coefficient (Wildman–Crippen LogP) is 3.38. The second-order valence-corrected chi connectivity index (χ2v) is 6.14. The number of carbonyl (C=O) groups excluding carboxylic acids is 1.